The summed E-state index contributed by atoms with van der Waals surface area (Å²) in [5, 5.41) is 0.998. The summed E-state index contributed by atoms with van der Waals surface area (Å²) in [6, 6.07) is 15.5. The van der Waals surface area contributed by atoms with Crippen LogP contribution in [0.15, 0.2) is 48.5 Å². The van der Waals surface area contributed by atoms with Gasteiger partial charge in [0.05, 0.1) is 5.52 Å². The van der Waals surface area contributed by atoms with Crippen LogP contribution >= 0.6 is 0 Å². The molecule has 0 amide bonds. The Balaban J connectivity index is 1.95. The van der Waals surface area contributed by atoms with Crippen molar-refractivity contribution in [3.8, 4) is 5.75 Å². The van der Waals surface area contributed by atoms with E-state index in [1.807, 2.05) is 67.4 Å². The molecule has 0 fully saturated rings. The molecule has 0 N–H and O–H groups in total. The lowest BCUT2D eigenvalue weighted by molar-refractivity contribution is 0.273. The van der Waals surface area contributed by atoms with Crippen LogP contribution in [0.25, 0.3) is 10.9 Å². The molecule has 5 heteroatoms. The second-order valence-electron chi connectivity index (χ2n) is 5.20. The van der Waals surface area contributed by atoms with Gasteiger partial charge in [-0.3, -0.25) is 0 Å². The van der Waals surface area contributed by atoms with Gasteiger partial charge in [0, 0.05) is 18.1 Å². The van der Waals surface area contributed by atoms with Crippen molar-refractivity contribution >= 4 is 22.4 Å². The lowest BCUT2D eigenvalue weighted by Gasteiger charge is -2.20. The highest BCUT2D eigenvalue weighted by molar-refractivity contribution is 5.91. The predicted molar refractivity (Wildman–Crippen MR) is 90.3 cm³/mol. The predicted octanol–water partition coefficient (Wildman–Crippen LogP) is 4.05. The Morgan fingerprint density at radius 1 is 1.04 bits per heavy atom. The summed E-state index contributed by atoms with van der Waals surface area (Å²) in [5.74, 6) is 2.24. The Morgan fingerprint density at radius 2 is 1.78 bits per heavy atom. The van der Waals surface area contributed by atoms with Gasteiger partial charge in [-0.1, -0.05) is 12.1 Å². The Bertz CT molecular complexity index is 805. The molecule has 118 valence electrons. The molecule has 0 bridgehead atoms. The number of aryl methyl sites for hydroxylation is 1. The summed E-state index contributed by atoms with van der Waals surface area (Å²) in [6.45, 7) is 1.47. The van der Waals surface area contributed by atoms with Crippen LogP contribution in [0.4, 0.5) is 15.9 Å². The lowest BCUT2D eigenvalue weighted by atomic mass is 10.2. The fourth-order valence-electron chi connectivity index (χ4n) is 2.47. The molecule has 0 aliphatic carbocycles. The molecule has 0 saturated carbocycles. The van der Waals surface area contributed by atoms with Crippen LogP contribution in [0, 0.1) is 6.92 Å². The molecule has 4 nitrogen and oxygen atoms in total. The van der Waals surface area contributed by atoms with Crippen LogP contribution in [0.3, 0.4) is 0 Å². The SMILES string of the molecule is Cc1nc(N(C)c2ccc(OCCF)cc2)c2ccccc2n1. The van der Waals surface area contributed by atoms with Gasteiger partial charge < -0.3 is 9.64 Å². The molecule has 0 spiro atoms. The average Bonchev–Trinajstić information content (AvgIpc) is 2.59. The van der Waals surface area contributed by atoms with Crippen molar-refractivity contribution in [2.24, 2.45) is 0 Å². The zero-order valence-electron chi connectivity index (χ0n) is 13.2. The van der Waals surface area contributed by atoms with Crippen LogP contribution in [0.1, 0.15) is 5.82 Å². The number of rotatable bonds is 5. The fourth-order valence-corrected chi connectivity index (χ4v) is 2.47. The average molecular weight is 311 g/mol. The number of hydrogen-bond donors (Lipinski definition) is 0. The molecule has 3 rings (SSSR count). The molecule has 0 aliphatic rings. The van der Waals surface area contributed by atoms with Crippen LogP contribution in [-0.2, 0) is 0 Å². The van der Waals surface area contributed by atoms with Crippen molar-refractivity contribution in [1.29, 1.82) is 0 Å². The molecule has 0 aliphatic heterocycles. The first-order chi connectivity index (χ1) is 11.2. The van der Waals surface area contributed by atoms with Crippen molar-refractivity contribution in [1.82, 2.24) is 9.97 Å². The molecule has 1 aromatic heterocycles. The van der Waals surface area contributed by atoms with Crippen LogP contribution in [-0.4, -0.2) is 30.3 Å². The number of alkyl halides is 1. The highest BCUT2D eigenvalue weighted by Gasteiger charge is 2.11. The Kier molecular flexibility index (Phi) is 4.37. The van der Waals surface area contributed by atoms with Gasteiger partial charge in [0.2, 0.25) is 0 Å². The van der Waals surface area contributed by atoms with E-state index in [2.05, 4.69) is 9.97 Å². The molecular weight excluding hydrogens is 293 g/mol. The monoisotopic (exact) mass is 311 g/mol. The molecule has 3 aromatic rings. The van der Waals surface area contributed by atoms with Gasteiger partial charge in [-0.05, 0) is 43.3 Å². The zero-order valence-corrected chi connectivity index (χ0v) is 13.2. The van der Waals surface area contributed by atoms with Crippen molar-refractivity contribution in [3.63, 3.8) is 0 Å². The molecule has 1 heterocycles. The standard InChI is InChI=1S/C18H18FN3O/c1-13-20-17-6-4-3-5-16(17)18(21-13)22(2)14-7-9-15(10-8-14)23-12-11-19/h3-10H,11-12H2,1-2H3. The molecule has 0 saturated heterocycles. The maximum Gasteiger partial charge on any atom is 0.144 e. The number of ether oxygens (including phenoxy) is 1. The van der Waals surface area contributed by atoms with E-state index in [0.717, 1.165) is 28.2 Å². The van der Waals surface area contributed by atoms with E-state index in [4.69, 9.17) is 4.74 Å². The fraction of sp³-hybridized carbons (Fsp3) is 0.222. The minimum absolute atomic E-state index is 0.0743. The van der Waals surface area contributed by atoms with Gasteiger partial charge in [0.1, 0.15) is 30.7 Å². The highest BCUT2D eigenvalue weighted by Crippen LogP contribution is 2.29. The van der Waals surface area contributed by atoms with Gasteiger partial charge >= 0.3 is 0 Å². The van der Waals surface area contributed by atoms with Gasteiger partial charge in [-0.2, -0.15) is 0 Å². The first kappa shape index (κ1) is 15.2. The Hall–Kier alpha value is -2.69. The first-order valence-electron chi connectivity index (χ1n) is 7.45. The maximum absolute atomic E-state index is 12.1. The van der Waals surface area contributed by atoms with Crippen molar-refractivity contribution in [2.75, 3.05) is 25.2 Å². The van der Waals surface area contributed by atoms with E-state index < -0.39 is 6.67 Å². The van der Waals surface area contributed by atoms with Crippen LogP contribution in [0.5, 0.6) is 5.75 Å². The number of benzene rings is 2. The summed E-state index contributed by atoms with van der Waals surface area (Å²) >= 11 is 0. The van der Waals surface area contributed by atoms with Crippen molar-refractivity contribution in [3.05, 3.63) is 54.4 Å². The summed E-state index contributed by atoms with van der Waals surface area (Å²) in [7, 11) is 1.96. The molecule has 0 radical (unpaired) electrons. The second-order valence-corrected chi connectivity index (χ2v) is 5.20. The molecule has 23 heavy (non-hydrogen) atoms. The number of anilines is 2. The van der Waals surface area contributed by atoms with E-state index in [0.29, 0.717) is 5.75 Å². The van der Waals surface area contributed by atoms with Crippen molar-refractivity contribution < 1.29 is 9.13 Å². The van der Waals surface area contributed by atoms with Crippen molar-refractivity contribution in [2.45, 2.75) is 6.92 Å². The quantitative estimate of drug-likeness (QED) is 0.712. The van der Waals surface area contributed by atoms with Gasteiger partial charge in [0.25, 0.3) is 0 Å². The number of halogens is 1. The topological polar surface area (TPSA) is 38.2 Å². The largest absolute Gasteiger partial charge is 0.491 e. The maximum atomic E-state index is 12.1. The Labute approximate surface area is 134 Å². The summed E-state index contributed by atoms with van der Waals surface area (Å²) in [5.41, 5.74) is 1.89. The summed E-state index contributed by atoms with van der Waals surface area (Å²) < 4.78 is 17.4. The normalized spacial score (nSPS) is 10.7. The van der Waals surface area contributed by atoms with E-state index in [-0.39, 0.29) is 6.61 Å². The number of aromatic nitrogens is 2. The van der Waals surface area contributed by atoms with E-state index in [1.54, 1.807) is 0 Å². The zero-order chi connectivity index (χ0) is 16.2. The number of nitrogens with zero attached hydrogens (tertiary/aromatic N) is 3. The Morgan fingerprint density at radius 3 is 2.52 bits per heavy atom. The molecule has 2 aromatic carbocycles. The lowest BCUT2D eigenvalue weighted by Crippen LogP contribution is -2.13. The highest BCUT2D eigenvalue weighted by atomic mass is 19.1. The molecular formula is C18H18FN3O. The molecule has 0 atom stereocenters. The van der Waals surface area contributed by atoms with Gasteiger partial charge in [0.15, 0.2) is 0 Å². The number of hydrogen-bond acceptors (Lipinski definition) is 4. The third kappa shape index (κ3) is 3.23. The van der Waals surface area contributed by atoms with Crippen LogP contribution < -0.4 is 9.64 Å². The third-order valence-electron chi connectivity index (χ3n) is 3.58. The first-order valence-corrected chi connectivity index (χ1v) is 7.45. The molecule has 0 unspecified atom stereocenters. The van der Waals surface area contributed by atoms with Crippen LogP contribution in [0.2, 0.25) is 0 Å². The number of fused-ring (bicyclic) bond motifs is 1. The number of para-hydroxylation sites is 1. The van der Waals surface area contributed by atoms with E-state index in [9.17, 15) is 4.39 Å². The third-order valence-corrected chi connectivity index (χ3v) is 3.58. The minimum atomic E-state index is -0.492. The van der Waals surface area contributed by atoms with E-state index >= 15 is 0 Å². The smallest absolute Gasteiger partial charge is 0.144 e. The summed E-state index contributed by atoms with van der Waals surface area (Å²) in [6.07, 6.45) is 0. The summed E-state index contributed by atoms with van der Waals surface area (Å²) in [4.78, 5) is 11.1. The minimum Gasteiger partial charge on any atom is -0.491 e. The van der Waals surface area contributed by atoms with Gasteiger partial charge in [-0.25, -0.2) is 14.4 Å². The second kappa shape index (κ2) is 6.60. The van der Waals surface area contributed by atoms with Gasteiger partial charge in [-0.15, -0.1) is 0 Å². The van der Waals surface area contributed by atoms with E-state index in [1.165, 1.54) is 0 Å².